The van der Waals surface area contributed by atoms with Crippen LogP contribution in [0.25, 0.3) is 0 Å². The first-order valence-electron chi connectivity index (χ1n) is 12.9. The number of urea groups is 1. The predicted octanol–water partition coefficient (Wildman–Crippen LogP) is 2.80. The van der Waals surface area contributed by atoms with Crippen molar-refractivity contribution in [1.29, 1.82) is 0 Å². The highest BCUT2D eigenvalue weighted by Gasteiger charge is 2.35. The van der Waals surface area contributed by atoms with E-state index in [1.165, 1.54) is 17.4 Å². The molecule has 1 fully saturated rings. The molecule has 1 atom stereocenters. The van der Waals surface area contributed by atoms with Gasteiger partial charge in [-0.1, -0.05) is 6.07 Å². The van der Waals surface area contributed by atoms with Gasteiger partial charge >= 0.3 is 6.03 Å². The molecule has 1 aromatic heterocycles. The number of H-pyrrole nitrogens is 1. The summed E-state index contributed by atoms with van der Waals surface area (Å²) in [7, 11) is 0. The minimum atomic E-state index is -1.86. The Bertz CT molecular complexity index is 1460. The highest BCUT2D eigenvalue weighted by Crippen LogP contribution is 2.30. The Hall–Kier alpha value is -4.75. The van der Waals surface area contributed by atoms with Gasteiger partial charge in [-0.25, -0.2) is 28.6 Å². The number of benzene rings is 3. The van der Waals surface area contributed by atoms with Gasteiger partial charge in [-0.3, -0.25) is 5.10 Å². The largest absolute Gasteiger partial charge is 0.490 e. The van der Waals surface area contributed by atoms with Gasteiger partial charge in [0.1, 0.15) is 35.9 Å². The number of amides is 2. The number of carbonyl (C=O) groups excluding carboxylic acids is 1. The van der Waals surface area contributed by atoms with Crippen LogP contribution in [0.15, 0.2) is 73.1 Å². The summed E-state index contributed by atoms with van der Waals surface area (Å²) in [6.07, 6.45) is 1.19. The van der Waals surface area contributed by atoms with E-state index in [1.54, 1.807) is 36.4 Å². The summed E-state index contributed by atoms with van der Waals surface area (Å²) in [6.45, 7) is 2.07. The number of nitrogen functional groups attached to an aromatic ring is 1. The van der Waals surface area contributed by atoms with Gasteiger partial charge in [0.15, 0.2) is 5.82 Å². The summed E-state index contributed by atoms with van der Waals surface area (Å²) >= 11 is 0. The molecule has 1 unspecified atom stereocenters. The third kappa shape index (κ3) is 6.36. The Balaban J connectivity index is 1.23. The summed E-state index contributed by atoms with van der Waals surface area (Å²) in [5, 5.41) is 21.3. The molecular weight excluding hydrogens is 534 g/mol. The van der Waals surface area contributed by atoms with E-state index in [0.29, 0.717) is 49.4 Å². The smallest absolute Gasteiger partial charge is 0.334 e. The molecular formula is C28H30F2N8O3. The number of aliphatic hydroxyl groups is 1. The molecule has 13 heteroatoms. The van der Waals surface area contributed by atoms with Crippen molar-refractivity contribution < 1.29 is 23.4 Å². The van der Waals surface area contributed by atoms with Crippen molar-refractivity contribution in [1.82, 2.24) is 20.2 Å². The number of piperazine rings is 1. The number of hydrogen-bond acceptors (Lipinski definition) is 8. The van der Waals surface area contributed by atoms with Crippen LogP contribution in [0.3, 0.4) is 0 Å². The van der Waals surface area contributed by atoms with E-state index in [2.05, 4.69) is 20.1 Å². The number of rotatable bonds is 9. The number of aromatic amines is 1. The molecule has 214 valence electrons. The molecule has 0 spiro atoms. The molecule has 4 aromatic rings. The fourth-order valence-corrected chi connectivity index (χ4v) is 4.83. The second kappa shape index (κ2) is 11.8. The maximum Gasteiger partial charge on any atom is 0.334 e. The van der Waals surface area contributed by atoms with E-state index in [4.69, 9.17) is 16.2 Å². The molecule has 1 aliphatic heterocycles. The van der Waals surface area contributed by atoms with Crippen molar-refractivity contribution in [2.75, 3.05) is 48.4 Å². The average Bonchev–Trinajstić information content (AvgIpc) is 3.46. The van der Waals surface area contributed by atoms with Crippen LogP contribution in [0.5, 0.6) is 5.75 Å². The minimum absolute atomic E-state index is 0.123. The van der Waals surface area contributed by atoms with Crippen molar-refractivity contribution >= 4 is 23.1 Å². The fourth-order valence-electron chi connectivity index (χ4n) is 4.83. The van der Waals surface area contributed by atoms with E-state index < -0.39 is 23.3 Å². The number of hydrogen-bond donors (Lipinski definition) is 4. The summed E-state index contributed by atoms with van der Waals surface area (Å²) in [4.78, 5) is 18.4. The molecule has 3 aromatic carbocycles. The van der Waals surface area contributed by atoms with E-state index in [-0.39, 0.29) is 24.4 Å². The topological polar surface area (TPSA) is 150 Å². The van der Waals surface area contributed by atoms with E-state index >= 15 is 0 Å². The SMILES string of the molecule is NC(=O)N(c1ccc(N)cc1)N1CCN(c2ccc(OCC(O)(Cc3nc[nH]n3)c3ccc(F)cc3F)cc2)CC1. The van der Waals surface area contributed by atoms with Crippen molar-refractivity contribution in [2.24, 2.45) is 5.73 Å². The first-order chi connectivity index (χ1) is 19.7. The number of nitrogens with zero attached hydrogens (tertiary/aromatic N) is 5. The van der Waals surface area contributed by atoms with Crippen molar-refractivity contribution in [3.63, 3.8) is 0 Å². The number of carbonyl (C=O) groups is 1. The van der Waals surface area contributed by atoms with Gasteiger partial charge in [0.2, 0.25) is 0 Å². The molecule has 41 heavy (non-hydrogen) atoms. The number of aromatic nitrogens is 3. The molecule has 1 saturated heterocycles. The molecule has 6 N–H and O–H groups in total. The summed E-state index contributed by atoms with van der Waals surface area (Å²) in [5.41, 5.74) is 11.6. The van der Waals surface area contributed by atoms with Crippen LogP contribution < -0.4 is 26.1 Å². The normalized spacial score (nSPS) is 15.3. The lowest BCUT2D eigenvalue weighted by atomic mass is 9.90. The standard InChI is InChI=1S/C28H30F2N8O3/c29-19-1-10-24(25(30)15-19)28(40,16-26-33-18-34-35-26)17-41-23-8-6-21(7-9-23)36-11-13-37(14-12-36)38(27(32)39)22-4-2-20(31)3-5-22/h1-10,15,18,40H,11-14,16-17,31H2,(H2,32,39)(H,33,34,35). The summed E-state index contributed by atoms with van der Waals surface area (Å²) in [6, 6.07) is 16.6. The first-order valence-corrected chi connectivity index (χ1v) is 12.9. The van der Waals surface area contributed by atoms with Gasteiger partial charge in [0.05, 0.1) is 5.69 Å². The molecule has 5 rings (SSSR count). The quantitative estimate of drug-likeness (QED) is 0.227. The summed E-state index contributed by atoms with van der Waals surface area (Å²) < 4.78 is 34.0. The van der Waals surface area contributed by atoms with Crippen LogP contribution in [0.2, 0.25) is 0 Å². The second-order valence-electron chi connectivity index (χ2n) is 9.71. The van der Waals surface area contributed by atoms with Crippen LogP contribution in [0.1, 0.15) is 11.4 Å². The highest BCUT2D eigenvalue weighted by atomic mass is 19.1. The third-order valence-corrected chi connectivity index (χ3v) is 6.91. The number of hydrazine groups is 1. The van der Waals surface area contributed by atoms with E-state index in [9.17, 15) is 18.7 Å². The van der Waals surface area contributed by atoms with Crippen LogP contribution >= 0.6 is 0 Å². The zero-order chi connectivity index (χ0) is 29.0. The Kier molecular flexibility index (Phi) is 7.99. The fraction of sp³-hybridized carbons (Fsp3) is 0.250. The van der Waals surface area contributed by atoms with Crippen molar-refractivity contribution in [3.05, 3.63) is 96.1 Å². The number of halogens is 2. The van der Waals surface area contributed by atoms with Gasteiger partial charge in [0.25, 0.3) is 0 Å². The molecule has 2 heterocycles. The van der Waals surface area contributed by atoms with Gasteiger partial charge in [-0.05, 0) is 54.6 Å². The Morgan fingerprint density at radius 3 is 2.37 bits per heavy atom. The molecule has 0 radical (unpaired) electrons. The Morgan fingerprint density at radius 2 is 1.76 bits per heavy atom. The minimum Gasteiger partial charge on any atom is -0.490 e. The summed E-state index contributed by atoms with van der Waals surface area (Å²) in [5.74, 6) is -0.948. The second-order valence-corrected chi connectivity index (χ2v) is 9.71. The molecule has 1 aliphatic rings. The van der Waals surface area contributed by atoms with Gasteiger partial charge in [0, 0.05) is 55.6 Å². The van der Waals surface area contributed by atoms with Crippen LogP contribution in [-0.2, 0) is 12.0 Å². The molecule has 11 nitrogen and oxygen atoms in total. The lowest BCUT2D eigenvalue weighted by Crippen LogP contribution is -2.57. The van der Waals surface area contributed by atoms with Crippen molar-refractivity contribution in [3.8, 4) is 5.75 Å². The van der Waals surface area contributed by atoms with Crippen LogP contribution in [0.4, 0.5) is 30.6 Å². The van der Waals surface area contributed by atoms with Gasteiger partial charge < -0.3 is 26.2 Å². The number of nitrogens with one attached hydrogen (secondary N) is 1. The Morgan fingerprint density at radius 1 is 1.05 bits per heavy atom. The molecule has 2 amide bonds. The monoisotopic (exact) mass is 564 g/mol. The van der Waals surface area contributed by atoms with Crippen LogP contribution in [0, 0.1) is 11.6 Å². The highest BCUT2D eigenvalue weighted by molar-refractivity contribution is 5.89. The van der Waals surface area contributed by atoms with E-state index in [0.717, 1.165) is 11.8 Å². The predicted molar refractivity (Wildman–Crippen MR) is 149 cm³/mol. The average molecular weight is 565 g/mol. The third-order valence-electron chi connectivity index (χ3n) is 6.91. The van der Waals surface area contributed by atoms with Crippen molar-refractivity contribution in [2.45, 2.75) is 12.0 Å². The number of anilines is 3. The zero-order valence-electron chi connectivity index (χ0n) is 22.1. The number of primary amides is 1. The van der Waals surface area contributed by atoms with Gasteiger partial charge in [-0.2, -0.15) is 5.10 Å². The van der Waals surface area contributed by atoms with Gasteiger partial charge in [-0.15, -0.1) is 0 Å². The first kappa shape index (κ1) is 27.8. The van der Waals surface area contributed by atoms with Crippen LogP contribution in [-0.4, -0.2) is 64.1 Å². The molecule has 0 aliphatic carbocycles. The number of nitrogens with two attached hydrogens (primary N) is 2. The molecule has 0 bridgehead atoms. The maximum absolute atomic E-state index is 14.6. The number of ether oxygens (including phenoxy) is 1. The lowest BCUT2D eigenvalue weighted by molar-refractivity contribution is -0.0138. The Labute approximate surface area is 234 Å². The maximum atomic E-state index is 14.6. The zero-order valence-corrected chi connectivity index (χ0v) is 22.1. The lowest BCUT2D eigenvalue weighted by Gasteiger charge is -2.41. The molecule has 0 saturated carbocycles. The van der Waals surface area contributed by atoms with E-state index in [1.807, 2.05) is 17.1 Å².